The lowest BCUT2D eigenvalue weighted by Gasteiger charge is -2.56. The van der Waals surface area contributed by atoms with Gasteiger partial charge in [0.05, 0.1) is 0 Å². The van der Waals surface area contributed by atoms with Gasteiger partial charge in [-0.05, 0) is 99.2 Å². The minimum atomic E-state index is 0.334. The molecule has 0 unspecified atom stereocenters. The molecule has 30 heavy (non-hydrogen) atoms. The number of rotatable bonds is 7. The number of benzene rings is 1. The number of hydrogen-bond donors (Lipinski definition) is 0. The van der Waals surface area contributed by atoms with Gasteiger partial charge in [0.2, 0.25) is 0 Å². The Morgan fingerprint density at radius 2 is 1.43 bits per heavy atom. The first-order valence-electron chi connectivity index (χ1n) is 13.3. The molecule has 0 aliphatic heterocycles. The van der Waals surface area contributed by atoms with Crippen molar-refractivity contribution in [2.45, 2.75) is 117 Å². The van der Waals surface area contributed by atoms with Crippen LogP contribution in [-0.2, 0) is 6.42 Å². The van der Waals surface area contributed by atoms with E-state index in [0.717, 1.165) is 11.8 Å². The molecule has 0 heterocycles. The molecule has 0 amide bonds. The molecule has 164 valence electrons. The van der Waals surface area contributed by atoms with Crippen LogP contribution in [0.5, 0.6) is 0 Å². The van der Waals surface area contributed by atoms with Crippen molar-refractivity contribution in [2.24, 2.45) is 22.7 Å². The van der Waals surface area contributed by atoms with E-state index in [9.17, 15) is 0 Å². The normalized spacial score (nSPS) is 33.1. The summed E-state index contributed by atoms with van der Waals surface area (Å²) in [7, 11) is 0. The Morgan fingerprint density at radius 1 is 0.800 bits per heavy atom. The molecule has 1 aromatic rings. The van der Waals surface area contributed by atoms with Gasteiger partial charge in [-0.3, -0.25) is 0 Å². The lowest BCUT2D eigenvalue weighted by Crippen LogP contribution is -2.45. The third-order valence-electron chi connectivity index (χ3n) is 9.23. The van der Waals surface area contributed by atoms with Crippen LogP contribution >= 0.6 is 0 Å². The summed E-state index contributed by atoms with van der Waals surface area (Å²) >= 11 is 0. The van der Waals surface area contributed by atoms with Crippen molar-refractivity contribution in [3.8, 4) is 11.8 Å². The first kappa shape index (κ1) is 22.0. The molecule has 4 saturated carbocycles. The quantitative estimate of drug-likeness (QED) is 0.398. The number of aryl methyl sites for hydroxylation is 1. The van der Waals surface area contributed by atoms with Gasteiger partial charge in [0.15, 0.2) is 0 Å². The molecule has 0 aromatic heterocycles. The second kappa shape index (κ2) is 9.94. The van der Waals surface area contributed by atoms with Crippen molar-refractivity contribution in [3.63, 3.8) is 0 Å². The Hall–Kier alpha value is -1.22. The fraction of sp³-hybridized carbons (Fsp3) is 0.733. The molecule has 2 bridgehead atoms. The molecule has 0 saturated heterocycles. The summed E-state index contributed by atoms with van der Waals surface area (Å²) in [5.74, 6) is 9.45. The SMILES string of the molecule is CCCCc1ccc(C#CC23CCC(C4CCC(CCCC)CC4)(CC2)CC3)cc1. The maximum atomic E-state index is 3.80. The zero-order chi connectivity index (χ0) is 20.9. The maximum Gasteiger partial charge on any atom is 0.0319 e. The van der Waals surface area contributed by atoms with E-state index >= 15 is 0 Å². The van der Waals surface area contributed by atoms with E-state index in [4.69, 9.17) is 0 Å². The summed E-state index contributed by atoms with van der Waals surface area (Å²) in [6.07, 6.45) is 22.6. The smallest absolute Gasteiger partial charge is 0.0319 e. The van der Waals surface area contributed by atoms with E-state index in [0.29, 0.717) is 10.8 Å². The van der Waals surface area contributed by atoms with Crippen LogP contribution in [0.2, 0.25) is 0 Å². The Kier molecular flexibility index (Phi) is 7.28. The number of hydrogen-bond acceptors (Lipinski definition) is 0. The van der Waals surface area contributed by atoms with Crippen molar-refractivity contribution in [2.75, 3.05) is 0 Å². The molecule has 0 radical (unpaired) electrons. The fourth-order valence-corrected chi connectivity index (χ4v) is 6.91. The van der Waals surface area contributed by atoms with Crippen LogP contribution in [-0.4, -0.2) is 0 Å². The van der Waals surface area contributed by atoms with Crippen molar-refractivity contribution in [1.29, 1.82) is 0 Å². The first-order chi connectivity index (χ1) is 14.7. The molecule has 0 spiro atoms. The fourth-order valence-electron chi connectivity index (χ4n) is 6.91. The molecular weight excluding hydrogens is 360 g/mol. The Bertz CT molecular complexity index is 695. The van der Waals surface area contributed by atoms with E-state index in [1.807, 2.05) is 0 Å². The lowest BCUT2D eigenvalue weighted by atomic mass is 9.48. The average Bonchev–Trinajstić information content (AvgIpc) is 2.82. The van der Waals surface area contributed by atoms with E-state index in [-0.39, 0.29) is 0 Å². The first-order valence-corrected chi connectivity index (χ1v) is 13.3. The highest BCUT2D eigenvalue weighted by atomic mass is 14.6. The predicted molar refractivity (Wildman–Crippen MR) is 129 cm³/mol. The highest BCUT2D eigenvalue weighted by Gasteiger charge is 2.51. The third kappa shape index (κ3) is 4.98. The van der Waals surface area contributed by atoms with Gasteiger partial charge >= 0.3 is 0 Å². The molecular formula is C30H44. The molecule has 0 nitrogen and oxygen atoms in total. The molecule has 5 rings (SSSR count). The summed E-state index contributed by atoms with van der Waals surface area (Å²) in [5.41, 5.74) is 3.71. The van der Waals surface area contributed by atoms with Gasteiger partial charge in [-0.2, -0.15) is 0 Å². The zero-order valence-electron chi connectivity index (χ0n) is 19.8. The monoisotopic (exact) mass is 404 g/mol. The Labute approximate surface area is 186 Å². The summed E-state index contributed by atoms with van der Waals surface area (Å²) in [6, 6.07) is 9.09. The number of unbranched alkanes of at least 4 members (excludes halogenated alkanes) is 2. The molecule has 4 aliphatic carbocycles. The molecule has 4 aliphatic rings. The van der Waals surface area contributed by atoms with E-state index in [1.165, 1.54) is 114 Å². The van der Waals surface area contributed by atoms with E-state index < -0.39 is 0 Å². The minimum absolute atomic E-state index is 0.334. The van der Waals surface area contributed by atoms with Gasteiger partial charge in [-0.1, -0.05) is 76.3 Å². The van der Waals surface area contributed by atoms with Crippen LogP contribution < -0.4 is 0 Å². The van der Waals surface area contributed by atoms with Gasteiger partial charge in [0.25, 0.3) is 0 Å². The van der Waals surface area contributed by atoms with Crippen LogP contribution in [0.15, 0.2) is 24.3 Å². The summed E-state index contributed by atoms with van der Waals surface area (Å²) < 4.78 is 0. The number of fused-ring (bicyclic) bond motifs is 3. The van der Waals surface area contributed by atoms with Crippen LogP contribution in [0.3, 0.4) is 0 Å². The van der Waals surface area contributed by atoms with Crippen molar-refractivity contribution >= 4 is 0 Å². The van der Waals surface area contributed by atoms with Crippen LogP contribution in [0.25, 0.3) is 0 Å². The second-order valence-corrected chi connectivity index (χ2v) is 11.1. The van der Waals surface area contributed by atoms with Crippen molar-refractivity contribution in [3.05, 3.63) is 35.4 Å². The van der Waals surface area contributed by atoms with Gasteiger partial charge in [0, 0.05) is 11.0 Å². The van der Waals surface area contributed by atoms with Gasteiger partial charge < -0.3 is 0 Å². The molecule has 0 heteroatoms. The molecule has 4 fully saturated rings. The third-order valence-corrected chi connectivity index (χ3v) is 9.23. The minimum Gasteiger partial charge on any atom is -0.0911 e. The highest BCUT2D eigenvalue weighted by molar-refractivity contribution is 5.38. The van der Waals surface area contributed by atoms with Crippen molar-refractivity contribution < 1.29 is 0 Å². The topological polar surface area (TPSA) is 0 Å². The van der Waals surface area contributed by atoms with Gasteiger partial charge in [-0.25, -0.2) is 0 Å². The van der Waals surface area contributed by atoms with E-state index in [1.54, 1.807) is 0 Å². The van der Waals surface area contributed by atoms with Crippen LogP contribution in [0.4, 0.5) is 0 Å². The average molecular weight is 405 g/mol. The highest BCUT2D eigenvalue weighted by Crippen LogP contribution is 2.62. The maximum absolute atomic E-state index is 3.80. The molecule has 1 aromatic carbocycles. The predicted octanol–water partition coefficient (Wildman–Crippen LogP) is 8.72. The molecule has 0 N–H and O–H groups in total. The lowest BCUT2D eigenvalue weighted by molar-refractivity contribution is -0.0379. The second-order valence-electron chi connectivity index (χ2n) is 11.1. The van der Waals surface area contributed by atoms with Gasteiger partial charge in [0.1, 0.15) is 0 Å². The van der Waals surface area contributed by atoms with Gasteiger partial charge in [-0.15, -0.1) is 0 Å². The summed E-state index contributed by atoms with van der Waals surface area (Å²) in [5, 5.41) is 0. The summed E-state index contributed by atoms with van der Waals surface area (Å²) in [4.78, 5) is 0. The van der Waals surface area contributed by atoms with E-state index in [2.05, 4.69) is 50.0 Å². The molecule has 0 atom stereocenters. The van der Waals surface area contributed by atoms with Crippen molar-refractivity contribution in [1.82, 2.24) is 0 Å². The summed E-state index contributed by atoms with van der Waals surface area (Å²) in [6.45, 7) is 4.60. The Balaban J connectivity index is 1.31. The Morgan fingerprint density at radius 3 is 2.03 bits per heavy atom. The zero-order valence-corrected chi connectivity index (χ0v) is 19.8. The van der Waals surface area contributed by atoms with Crippen LogP contribution in [0, 0.1) is 34.5 Å². The van der Waals surface area contributed by atoms with Crippen LogP contribution in [0.1, 0.15) is 121 Å². The standard InChI is InChI=1S/C30H44/c1-3-5-7-25-9-11-27(12-10-25)17-18-29-19-22-30(23-20-29,24-21-29)28-15-13-26(14-16-28)8-6-4-2/h9-12,26,28H,3-8,13-16,19-24H2,1-2H3. The largest absolute Gasteiger partial charge is 0.0911 e.